The van der Waals surface area contributed by atoms with Crippen molar-refractivity contribution in [1.82, 2.24) is 0 Å². The highest BCUT2D eigenvalue weighted by Crippen LogP contribution is 2.25. The minimum atomic E-state index is -0.612. The number of rotatable bonds is 8. The van der Waals surface area contributed by atoms with E-state index in [-0.39, 0.29) is 12.3 Å². The van der Waals surface area contributed by atoms with E-state index in [1.807, 2.05) is 6.07 Å². The summed E-state index contributed by atoms with van der Waals surface area (Å²) in [7, 11) is 2.63. The second-order valence-electron chi connectivity index (χ2n) is 5.75. The Labute approximate surface area is 179 Å². The fourth-order valence-electron chi connectivity index (χ4n) is 2.37. The number of hydrogen-bond acceptors (Lipinski definition) is 6. The summed E-state index contributed by atoms with van der Waals surface area (Å²) in [6.45, 7) is 1.90. The van der Waals surface area contributed by atoms with Gasteiger partial charge in [0.05, 0.1) is 12.8 Å². The van der Waals surface area contributed by atoms with Crippen molar-refractivity contribution in [1.29, 1.82) is 0 Å². The van der Waals surface area contributed by atoms with Crippen LogP contribution in [0.25, 0.3) is 6.08 Å². The lowest BCUT2D eigenvalue weighted by molar-refractivity contribution is -0.132. The zero-order chi connectivity index (χ0) is 21.2. The predicted octanol–water partition coefficient (Wildman–Crippen LogP) is 5.12. The molecular formula is C21H20Cl2N2O4. The Bertz CT molecular complexity index is 935. The summed E-state index contributed by atoms with van der Waals surface area (Å²) < 4.78 is 4.76. The van der Waals surface area contributed by atoms with Crippen LogP contribution in [0.3, 0.4) is 0 Å². The third kappa shape index (κ3) is 6.34. The first kappa shape index (κ1) is 22.5. The van der Waals surface area contributed by atoms with Gasteiger partial charge in [0.1, 0.15) is 13.7 Å². The number of oxime groups is 2. The monoisotopic (exact) mass is 434 g/mol. The Morgan fingerprint density at radius 2 is 1.72 bits per heavy atom. The number of allylic oxidation sites excluding steroid dienone is 1. The molecule has 0 atom stereocenters. The van der Waals surface area contributed by atoms with Gasteiger partial charge in [-0.05, 0) is 25.1 Å². The summed E-state index contributed by atoms with van der Waals surface area (Å²) in [6, 6.07) is 12.4. The second-order valence-corrected chi connectivity index (χ2v) is 6.56. The average Bonchev–Trinajstić information content (AvgIpc) is 2.71. The van der Waals surface area contributed by atoms with Crippen LogP contribution < -0.4 is 0 Å². The van der Waals surface area contributed by atoms with Crippen molar-refractivity contribution < 1.29 is 19.2 Å². The average molecular weight is 435 g/mol. The number of hydrogen-bond donors (Lipinski definition) is 0. The number of halogens is 2. The van der Waals surface area contributed by atoms with Gasteiger partial charge in [0.15, 0.2) is 5.71 Å². The van der Waals surface area contributed by atoms with Gasteiger partial charge < -0.3 is 14.4 Å². The van der Waals surface area contributed by atoms with Gasteiger partial charge >= 0.3 is 5.97 Å². The summed E-state index contributed by atoms with van der Waals surface area (Å²) in [6.07, 6.45) is 3.51. The molecule has 0 aliphatic carbocycles. The summed E-state index contributed by atoms with van der Waals surface area (Å²) in [5, 5.41) is 8.92. The fraction of sp³-hybridized carbons (Fsp3) is 0.190. The summed E-state index contributed by atoms with van der Waals surface area (Å²) in [5.74, 6) is -0.612. The Hall–Kier alpha value is -2.83. The van der Waals surface area contributed by atoms with E-state index in [2.05, 4.69) is 10.3 Å². The van der Waals surface area contributed by atoms with E-state index < -0.39 is 5.97 Å². The number of ether oxygens (including phenoxy) is 1. The molecule has 2 rings (SSSR count). The first-order valence-corrected chi connectivity index (χ1v) is 9.30. The second kappa shape index (κ2) is 11.2. The smallest absolute Gasteiger partial charge is 0.360 e. The molecule has 0 bridgehead atoms. The number of nitrogens with zero attached hydrogens (tertiary/aromatic N) is 2. The molecule has 0 radical (unpaired) electrons. The van der Waals surface area contributed by atoms with E-state index >= 15 is 0 Å². The molecule has 0 unspecified atom stereocenters. The Balaban J connectivity index is 2.13. The minimum Gasteiger partial charge on any atom is -0.464 e. The molecule has 0 aromatic heterocycles. The van der Waals surface area contributed by atoms with Crippen LogP contribution in [-0.2, 0) is 25.8 Å². The molecule has 0 heterocycles. The SMILES string of the molecule is CO/N=C(/C(=O)OC)c1ccccc1CO/N=C(C)/C=C/c1c(Cl)cccc1Cl. The van der Waals surface area contributed by atoms with Gasteiger partial charge in [0.2, 0.25) is 0 Å². The van der Waals surface area contributed by atoms with E-state index in [4.69, 9.17) is 37.6 Å². The lowest BCUT2D eigenvalue weighted by Gasteiger charge is -2.09. The highest BCUT2D eigenvalue weighted by molar-refractivity contribution is 6.43. The van der Waals surface area contributed by atoms with Gasteiger partial charge in [0, 0.05) is 26.7 Å². The van der Waals surface area contributed by atoms with E-state index in [1.165, 1.54) is 14.2 Å². The maximum atomic E-state index is 12.0. The van der Waals surface area contributed by atoms with Gasteiger partial charge in [0.25, 0.3) is 0 Å². The van der Waals surface area contributed by atoms with Crippen molar-refractivity contribution in [3.05, 3.63) is 75.3 Å². The van der Waals surface area contributed by atoms with Crippen LogP contribution in [0.2, 0.25) is 10.0 Å². The van der Waals surface area contributed by atoms with Crippen molar-refractivity contribution >= 4 is 46.7 Å². The largest absolute Gasteiger partial charge is 0.464 e. The van der Waals surface area contributed by atoms with E-state index in [1.54, 1.807) is 55.5 Å². The number of esters is 1. The van der Waals surface area contributed by atoms with Crippen LogP contribution in [0.15, 0.2) is 58.9 Å². The fourth-order valence-corrected chi connectivity index (χ4v) is 2.89. The molecule has 2 aromatic rings. The van der Waals surface area contributed by atoms with Crippen LogP contribution >= 0.6 is 23.2 Å². The molecule has 0 aliphatic rings. The topological polar surface area (TPSA) is 69.5 Å². The number of carbonyl (C=O) groups excluding carboxylic acids is 1. The normalized spacial score (nSPS) is 12.2. The zero-order valence-electron chi connectivity index (χ0n) is 16.2. The van der Waals surface area contributed by atoms with Crippen molar-refractivity contribution in [2.24, 2.45) is 10.3 Å². The molecule has 0 saturated heterocycles. The van der Waals surface area contributed by atoms with Crippen molar-refractivity contribution in [2.75, 3.05) is 14.2 Å². The number of methoxy groups -OCH3 is 1. The molecule has 0 saturated carbocycles. The molecule has 2 aromatic carbocycles. The van der Waals surface area contributed by atoms with Crippen LogP contribution in [0.1, 0.15) is 23.6 Å². The lowest BCUT2D eigenvalue weighted by Crippen LogP contribution is -2.19. The molecule has 152 valence electrons. The van der Waals surface area contributed by atoms with Crippen LogP contribution in [0.4, 0.5) is 0 Å². The molecule has 0 N–H and O–H groups in total. The third-order valence-corrected chi connectivity index (χ3v) is 4.41. The van der Waals surface area contributed by atoms with Gasteiger partial charge in [-0.15, -0.1) is 0 Å². The van der Waals surface area contributed by atoms with E-state index in [9.17, 15) is 4.79 Å². The Morgan fingerprint density at radius 3 is 2.38 bits per heavy atom. The van der Waals surface area contributed by atoms with Crippen molar-refractivity contribution in [3.8, 4) is 0 Å². The Morgan fingerprint density at radius 1 is 1.03 bits per heavy atom. The first-order valence-electron chi connectivity index (χ1n) is 8.54. The minimum absolute atomic E-state index is 0.0446. The standard InChI is InChI=1S/C21H20Cl2N2O4/c1-14(11-12-17-18(22)9-6-10-19(17)23)24-29-13-15-7-4-5-8-16(15)20(25-28-3)21(26)27-2/h4-12H,13H2,1-3H3/b12-11+,24-14+,25-20+. The van der Waals surface area contributed by atoms with E-state index in [0.717, 1.165) is 0 Å². The molecule has 29 heavy (non-hydrogen) atoms. The van der Waals surface area contributed by atoms with Crippen LogP contribution in [-0.4, -0.2) is 31.6 Å². The maximum Gasteiger partial charge on any atom is 0.360 e. The Kier molecular flexibility index (Phi) is 8.70. The molecule has 0 spiro atoms. The summed E-state index contributed by atoms with van der Waals surface area (Å²) in [4.78, 5) is 22.2. The van der Waals surface area contributed by atoms with Gasteiger partial charge in [-0.3, -0.25) is 0 Å². The molecule has 6 nitrogen and oxygen atoms in total. The summed E-state index contributed by atoms with van der Waals surface area (Å²) in [5.41, 5.74) is 2.59. The zero-order valence-corrected chi connectivity index (χ0v) is 17.7. The van der Waals surface area contributed by atoms with Gasteiger partial charge in [-0.2, -0.15) is 0 Å². The van der Waals surface area contributed by atoms with Crippen LogP contribution in [0, 0.1) is 0 Å². The highest BCUT2D eigenvalue weighted by atomic mass is 35.5. The molecule has 0 amide bonds. The quantitative estimate of drug-likeness (QED) is 0.328. The molecular weight excluding hydrogens is 415 g/mol. The predicted molar refractivity (Wildman–Crippen MR) is 115 cm³/mol. The number of benzene rings is 2. The molecule has 0 aliphatic heterocycles. The van der Waals surface area contributed by atoms with Gasteiger partial charge in [-0.1, -0.05) is 69.9 Å². The van der Waals surface area contributed by atoms with Crippen LogP contribution in [0.5, 0.6) is 0 Å². The van der Waals surface area contributed by atoms with E-state index in [0.29, 0.717) is 32.4 Å². The summed E-state index contributed by atoms with van der Waals surface area (Å²) >= 11 is 12.3. The van der Waals surface area contributed by atoms with Gasteiger partial charge in [-0.25, -0.2) is 4.79 Å². The number of carbonyl (C=O) groups is 1. The first-order chi connectivity index (χ1) is 14.0. The highest BCUT2D eigenvalue weighted by Gasteiger charge is 2.19. The third-order valence-electron chi connectivity index (χ3n) is 3.75. The van der Waals surface area contributed by atoms with Crippen molar-refractivity contribution in [3.63, 3.8) is 0 Å². The molecule has 8 heteroatoms. The molecule has 0 fully saturated rings. The maximum absolute atomic E-state index is 12.0. The lowest BCUT2D eigenvalue weighted by atomic mass is 10.0. The van der Waals surface area contributed by atoms with Crippen molar-refractivity contribution in [2.45, 2.75) is 13.5 Å².